The molecule has 1 N–H and O–H groups in total. The summed E-state index contributed by atoms with van der Waals surface area (Å²) in [4.78, 5) is 44.5. The quantitative estimate of drug-likeness (QED) is 0.833. The van der Waals surface area contributed by atoms with Gasteiger partial charge in [-0.1, -0.05) is 6.92 Å². The summed E-state index contributed by atoms with van der Waals surface area (Å²) in [6.07, 6.45) is 4.14. The van der Waals surface area contributed by atoms with Crippen LogP contribution in [0.4, 0.5) is 4.79 Å². The second-order valence-corrected chi connectivity index (χ2v) is 6.85. The number of nitrogens with zero attached hydrogens (tertiary/aromatic N) is 3. The van der Waals surface area contributed by atoms with Gasteiger partial charge in [0.1, 0.15) is 0 Å². The van der Waals surface area contributed by atoms with E-state index in [2.05, 4.69) is 4.98 Å². The first kappa shape index (κ1) is 19.9. The molecule has 8 heteroatoms. The van der Waals surface area contributed by atoms with Crippen molar-refractivity contribution in [3.8, 4) is 0 Å². The third-order valence-corrected chi connectivity index (χ3v) is 5.27. The van der Waals surface area contributed by atoms with E-state index in [4.69, 9.17) is 4.74 Å². The highest BCUT2D eigenvalue weighted by Crippen LogP contribution is 2.41. The highest BCUT2D eigenvalue weighted by molar-refractivity contribution is 6.09. The molecule has 1 fully saturated rings. The van der Waals surface area contributed by atoms with Crippen LogP contribution < -0.4 is 0 Å². The van der Waals surface area contributed by atoms with Gasteiger partial charge in [0.05, 0.1) is 18.2 Å². The van der Waals surface area contributed by atoms with Gasteiger partial charge in [0.25, 0.3) is 5.91 Å². The fourth-order valence-electron chi connectivity index (χ4n) is 3.89. The average Bonchev–Trinajstić information content (AvgIpc) is 2.99. The van der Waals surface area contributed by atoms with Crippen molar-refractivity contribution in [2.24, 2.45) is 0 Å². The van der Waals surface area contributed by atoms with Crippen molar-refractivity contribution >= 4 is 17.8 Å². The van der Waals surface area contributed by atoms with Crippen molar-refractivity contribution in [1.82, 2.24) is 14.8 Å². The van der Waals surface area contributed by atoms with Crippen LogP contribution in [0.15, 0.2) is 35.9 Å². The van der Waals surface area contributed by atoms with Gasteiger partial charge in [-0.3, -0.25) is 14.6 Å². The van der Waals surface area contributed by atoms with Gasteiger partial charge in [0.15, 0.2) is 11.5 Å². The van der Waals surface area contributed by atoms with Crippen LogP contribution in [0.5, 0.6) is 0 Å². The van der Waals surface area contributed by atoms with E-state index in [1.807, 2.05) is 0 Å². The number of Topliss-reactive ketones (excluding diaryl/α,β-unsaturated/α-hetero) is 1. The number of hydrogen-bond acceptors (Lipinski definition) is 6. The van der Waals surface area contributed by atoms with Crippen LogP contribution in [0.1, 0.15) is 44.7 Å². The van der Waals surface area contributed by atoms with Crippen LogP contribution in [-0.2, 0) is 14.3 Å². The molecule has 1 aromatic heterocycles. The molecule has 2 aliphatic rings. The van der Waals surface area contributed by atoms with Gasteiger partial charge in [-0.2, -0.15) is 0 Å². The van der Waals surface area contributed by atoms with Crippen molar-refractivity contribution in [3.05, 3.63) is 41.4 Å². The van der Waals surface area contributed by atoms with Crippen LogP contribution in [0.3, 0.4) is 0 Å². The SMILES string of the molecule is CCOC(=O)N1CCC(N2C(=O)C(O)=C(C(=O)CC)C2c2ccncc2)CC1. The zero-order chi connectivity index (χ0) is 20.3. The third kappa shape index (κ3) is 3.58. The van der Waals surface area contributed by atoms with Gasteiger partial charge in [-0.15, -0.1) is 0 Å². The van der Waals surface area contributed by atoms with Crippen molar-refractivity contribution in [2.75, 3.05) is 19.7 Å². The molecule has 150 valence electrons. The van der Waals surface area contributed by atoms with E-state index in [0.717, 1.165) is 5.56 Å². The van der Waals surface area contributed by atoms with Crippen LogP contribution >= 0.6 is 0 Å². The van der Waals surface area contributed by atoms with Crippen LogP contribution in [-0.4, -0.2) is 63.4 Å². The van der Waals surface area contributed by atoms with Crippen LogP contribution in [0.2, 0.25) is 0 Å². The van der Waals surface area contributed by atoms with E-state index in [0.29, 0.717) is 32.5 Å². The molecule has 0 bridgehead atoms. The van der Waals surface area contributed by atoms with E-state index in [1.165, 1.54) is 0 Å². The first-order valence-corrected chi connectivity index (χ1v) is 9.60. The Hall–Kier alpha value is -2.90. The number of carbonyl (C=O) groups is 3. The number of rotatable bonds is 5. The molecule has 0 saturated carbocycles. The minimum Gasteiger partial charge on any atom is -0.503 e. The molecule has 0 aliphatic carbocycles. The van der Waals surface area contributed by atoms with E-state index < -0.39 is 17.7 Å². The molecular weight excluding hydrogens is 362 g/mol. The Labute approximate surface area is 163 Å². The standard InChI is InChI=1S/C20H25N3O5/c1-3-15(24)16-17(13-5-9-21-10-6-13)23(19(26)18(16)25)14-7-11-22(12-8-14)20(27)28-4-2/h5-6,9-10,14,17,25H,3-4,7-8,11-12H2,1-2H3. The van der Waals surface area contributed by atoms with Gasteiger partial charge in [0.2, 0.25) is 0 Å². The predicted molar refractivity (Wildman–Crippen MR) is 100 cm³/mol. The summed E-state index contributed by atoms with van der Waals surface area (Å²) in [5.41, 5.74) is 0.878. The maximum atomic E-state index is 12.9. The Kier molecular flexibility index (Phi) is 5.96. The first-order chi connectivity index (χ1) is 13.5. The highest BCUT2D eigenvalue weighted by atomic mass is 16.6. The lowest BCUT2D eigenvalue weighted by Crippen LogP contribution is -2.48. The summed E-state index contributed by atoms with van der Waals surface area (Å²) in [5.74, 6) is -1.26. The number of carbonyl (C=O) groups excluding carboxylic acids is 3. The number of hydrogen-bond donors (Lipinski definition) is 1. The Morgan fingerprint density at radius 1 is 1.21 bits per heavy atom. The number of aliphatic hydroxyl groups excluding tert-OH is 1. The zero-order valence-electron chi connectivity index (χ0n) is 16.1. The largest absolute Gasteiger partial charge is 0.503 e. The number of amides is 2. The van der Waals surface area contributed by atoms with Crippen LogP contribution in [0, 0.1) is 0 Å². The maximum absolute atomic E-state index is 12.9. The highest BCUT2D eigenvalue weighted by Gasteiger charge is 2.46. The smallest absolute Gasteiger partial charge is 0.409 e. The van der Waals surface area contributed by atoms with Crippen LogP contribution in [0.25, 0.3) is 0 Å². The number of pyridine rings is 1. The molecule has 3 heterocycles. The molecule has 1 saturated heterocycles. The first-order valence-electron chi connectivity index (χ1n) is 9.60. The lowest BCUT2D eigenvalue weighted by Gasteiger charge is -2.39. The molecule has 28 heavy (non-hydrogen) atoms. The number of ether oxygens (including phenoxy) is 1. The molecule has 2 aliphatic heterocycles. The van der Waals surface area contributed by atoms with E-state index >= 15 is 0 Å². The minimum atomic E-state index is -0.637. The lowest BCUT2D eigenvalue weighted by atomic mass is 9.93. The summed E-state index contributed by atoms with van der Waals surface area (Å²) >= 11 is 0. The molecule has 3 rings (SSSR count). The Morgan fingerprint density at radius 2 is 1.86 bits per heavy atom. The normalized spacial score (nSPS) is 20.6. The topological polar surface area (TPSA) is 100 Å². The third-order valence-electron chi connectivity index (χ3n) is 5.27. The second kappa shape index (κ2) is 8.41. The van der Waals surface area contributed by atoms with Gasteiger partial charge in [0, 0.05) is 37.9 Å². The summed E-state index contributed by atoms with van der Waals surface area (Å²) in [6.45, 7) is 4.68. The molecule has 2 amide bonds. The van der Waals surface area contributed by atoms with Gasteiger partial charge < -0.3 is 19.6 Å². The Morgan fingerprint density at radius 3 is 2.43 bits per heavy atom. The van der Waals surface area contributed by atoms with Crippen molar-refractivity contribution in [3.63, 3.8) is 0 Å². The molecule has 0 radical (unpaired) electrons. The minimum absolute atomic E-state index is 0.145. The summed E-state index contributed by atoms with van der Waals surface area (Å²) < 4.78 is 5.04. The Bertz CT molecular complexity index is 784. The average molecular weight is 387 g/mol. The fourth-order valence-corrected chi connectivity index (χ4v) is 3.89. The molecule has 1 aromatic rings. The number of aliphatic hydroxyl groups is 1. The van der Waals surface area contributed by atoms with Crippen molar-refractivity contribution in [1.29, 1.82) is 0 Å². The van der Waals surface area contributed by atoms with Gasteiger partial charge in [-0.25, -0.2) is 4.79 Å². The summed E-state index contributed by atoms with van der Waals surface area (Å²) in [7, 11) is 0. The zero-order valence-corrected chi connectivity index (χ0v) is 16.1. The number of piperidine rings is 1. The summed E-state index contributed by atoms with van der Waals surface area (Å²) in [6, 6.07) is 2.67. The molecule has 1 atom stereocenters. The monoisotopic (exact) mass is 387 g/mol. The summed E-state index contributed by atoms with van der Waals surface area (Å²) in [5, 5.41) is 10.5. The maximum Gasteiger partial charge on any atom is 0.409 e. The van der Waals surface area contributed by atoms with Gasteiger partial charge >= 0.3 is 6.09 Å². The fraction of sp³-hybridized carbons (Fsp3) is 0.500. The molecule has 0 spiro atoms. The lowest BCUT2D eigenvalue weighted by molar-refractivity contribution is -0.132. The van der Waals surface area contributed by atoms with E-state index in [-0.39, 0.29) is 29.9 Å². The van der Waals surface area contributed by atoms with Crippen molar-refractivity contribution in [2.45, 2.75) is 45.2 Å². The van der Waals surface area contributed by atoms with E-state index in [9.17, 15) is 19.5 Å². The molecule has 0 aromatic carbocycles. The van der Waals surface area contributed by atoms with E-state index in [1.54, 1.807) is 48.2 Å². The predicted octanol–water partition coefficient (Wildman–Crippen LogP) is 2.38. The molecular formula is C20H25N3O5. The number of ketones is 1. The second-order valence-electron chi connectivity index (χ2n) is 6.85. The van der Waals surface area contributed by atoms with Crippen molar-refractivity contribution < 1.29 is 24.2 Å². The number of likely N-dealkylation sites (tertiary alicyclic amines) is 1. The molecule has 8 nitrogen and oxygen atoms in total. The van der Waals surface area contributed by atoms with Gasteiger partial charge in [-0.05, 0) is 37.5 Å². The Balaban J connectivity index is 1.87. The number of aromatic nitrogens is 1. The molecule has 1 unspecified atom stereocenters.